The Morgan fingerprint density at radius 3 is 2.61 bits per heavy atom. The molecule has 154 valence electrons. The zero-order valence-electron chi connectivity index (χ0n) is 14.1. The number of hydrogen-bond donors (Lipinski definition) is 3. The minimum atomic E-state index is -4.62. The SMILES string of the molecule is O=C1NC[C@@H](C(=O)NC(c2ccc(F)c(Cl)c2F)C2COC(C(F)(F)F)C2)N1. The van der Waals surface area contributed by atoms with E-state index in [1.165, 1.54) is 0 Å². The van der Waals surface area contributed by atoms with Crippen molar-refractivity contribution in [2.45, 2.75) is 30.8 Å². The summed E-state index contributed by atoms with van der Waals surface area (Å²) in [6.45, 7) is -0.449. The Kier molecular flexibility index (Phi) is 5.67. The number of alkyl halides is 3. The van der Waals surface area contributed by atoms with Crippen molar-refractivity contribution in [2.75, 3.05) is 13.2 Å². The topological polar surface area (TPSA) is 79.5 Å². The lowest BCUT2D eigenvalue weighted by atomic mass is 9.90. The Balaban J connectivity index is 1.88. The van der Waals surface area contributed by atoms with E-state index in [1.54, 1.807) is 0 Å². The van der Waals surface area contributed by atoms with E-state index < -0.39 is 71.9 Å². The second-order valence-corrected chi connectivity index (χ2v) is 6.90. The van der Waals surface area contributed by atoms with E-state index in [2.05, 4.69) is 16.0 Å². The number of carbonyl (C=O) groups is 2. The third-order valence-electron chi connectivity index (χ3n) is 4.65. The number of hydrogen-bond acceptors (Lipinski definition) is 3. The van der Waals surface area contributed by atoms with Crippen LogP contribution in [0, 0.1) is 17.6 Å². The Labute approximate surface area is 160 Å². The van der Waals surface area contributed by atoms with Crippen LogP contribution >= 0.6 is 11.6 Å². The molecule has 2 heterocycles. The summed E-state index contributed by atoms with van der Waals surface area (Å²) >= 11 is 5.58. The number of amides is 3. The summed E-state index contributed by atoms with van der Waals surface area (Å²) < 4.78 is 71.6. The summed E-state index contributed by atoms with van der Waals surface area (Å²) in [6, 6.07) is -0.983. The molecule has 0 aliphatic carbocycles. The first-order valence-electron chi connectivity index (χ1n) is 8.24. The molecule has 1 aromatic carbocycles. The third kappa shape index (κ3) is 4.14. The lowest BCUT2D eigenvalue weighted by Gasteiger charge is -2.26. The quantitative estimate of drug-likeness (QED) is 0.510. The molecule has 0 spiro atoms. The van der Waals surface area contributed by atoms with Gasteiger partial charge in [-0.05, 0) is 12.5 Å². The maximum absolute atomic E-state index is 14.5. The second kappa shape index (κ2) is 7.70. The molecule has 6 nitrogen and oxygen atoms in total. The average molecular weight is 428 g/mol. The minimum absolute atomic E-state index is 0.0453. The van der Waals surface area contributed by atoms with Gasteiger partial charge in [0.05, 0.1) is 12.6 Å². The van der Waals surface area contributed by atoms with Crippen LogP contribution in [0.3, 0.4) is 0 Å². The van der Waals surface area contributed by atoms with Crippen molar-refractivity contribution >= 4 is 23.5 Å². The molecule has 3 amide bonds. The van der Waals surface area contributed by atoms with Crippen LogP contribution in [0.15, 0.2) is 12.1 Å². The van der Waals surface area contributed by atoms with Gasteiger partial charge in [-0.2, -0.15) is 13.2 Å². The highest BCUT2D eigenvalue weighted by atomic mass is 35.5. The van der Waals surface area contributed by atoms with Crippen LogP contribution in [0.1, 0.15) is 18.0 Å². The molecule has 0 radical (unpaired) electrons. The molecule has 4 atom stereocenters. The predicted octanol–water partition coefficient (Wildman–Crippen LogP) is 2.42. The summed E-state index contributed by atoms with van der Waals surface area (Å²) in [5.74, 6) is -3.91. The van der Waals surface area contributed by atoms with Crippen LogP contribution in [0.5, 0.6) is 0 Å². The first-order valence-corrected chi connectivity index (χ1v) is 8.62. The Hall–Kier alpha value is -2.14. The lowest BCUT2D eigenvalue weighted by Crippen LogP contribution is -2.46. The van der Waals surface area contributed by atoms with Gasteiger partial charge in [-0.3, -0.25) is 4.79 Å². The maximum Gasteiger partial charge on any atom is 0.414 e. The normalized spacial score (nSPS) is 25.9. The summed E-state index contributed by atoms with van der Waals surface area (Å²) in [5, 5.41) is 6.28. The van der Waals surface area contributed by atoms with Gasteiger partial charge in [0.2, 0.25) is 5.91 Å². The van der Waals surface area contributed by atoms with Gasteiger partial charge in [-0.15, -0.1) is 0 Å². The highest BCUT2D eigenvalue weighted by Gasteiger charge is 2.48. The minimum Gasteiger partial charge on any atom is -0.368 e. The van der Waals surface area contributed by atoms with E-state index in [-0.39, 0.29) is 12.1 Å². The lowest BCUT2D eigenvalue weighted by molar-refractivity contribution is -0.206. The average Bonchev–Trinajstić information content (AvgIpc) is 3.27. The van der Waals surface area contributed by atoms with Gasteiger partial charge in [0.15, 0.2) is 6.10 Å². The van der Waals surface area contributed by atoms with Crippen LogP contribution in [-0.2, 0) is 9.53 Å². The Bertz CT molecular complexity index is 792. The van der Waals surface area contributed by atoms with Crippen LogP contribution in [0.2, 0.25) is 5.02 Å². The molecule has 2 fully saturated rings. The van der Waals surface area contributed by atoms with E-state index in [0.717, 1.165) is 12.1 Å². The van der Waals surface area contributed by atoms with E-state index in [1.807, 2.05) is 0 Å². The molecule has 3 unspecified atom stereocenters. The molecule has 0 bridgehead atoms. The molecule has 2 aliphatic rings. The van der Waals surface area contributed by atoms with Crippen LogP contribution in [0.4, 0.5) is 26.7 Å². The van der Waals surface area contributed by atoms with Crippen molar-refractivity contribution < 1.29 is 36.3 Å². The number of urea groups is 1. The van der Waals surface area contributed by atoms with Crippen LogP contribution in [-0.4, -0.2) is 43.4 Å². The van der Waals surface area contributed by atoms with Gasteiger partial charge in [0.25, 0.3) is 0 Å². The van der Waals surface area contributed by atoms with Crippen molar-refractivity contribution in [1.82, 2.24) is 16.0 Å². The number of ether oxygens (including phenoxy) is 1. The van der Waals surface area contributed by atoms with Gasteiger partial charge < -0.3 is 20.7 Å². The number of carbonyl (C=O) groups excluding carboxylic acids is 2. The van der Waals surface area contributed by atoms with E-state index in [9.17, 15) is 31.5 Å². The monoisotopic (exact) mass is 427 g/mol. The fraction of sp³-hybridized carbons (Fsp3) is 0.500. The van der Waals surface area contributed by atoms with Crippen molar-refractivity contribution in [1.29, 1.82) is 0 Å². The fourth-order valence-corrected chi connectivity index (χ4v) is 3.38. The first kappa shape index (κ1) is 20.6. The van der Waals surface area contributed by atoms with Crippen LogP contribution < -0.4 is 16.0 Å². The molecule has 3 N–H and O–H groups in total. The number of benzene rings is 1. The molecule has 0 saturated carbocycles. The smallest absolute Gasteiger partial charge is 0.368 e. The summed E-state index contributed by atoms with van der Waals surface area (Å²) in [5.41, 5.74) is -0.270. The largest absolute Gasteiger partial charge is 0.414 e. The van der Waals surface area contributed by atoms with Gasteiger partial charge in [-0.1, -0.05) is 17.7 Å². The van der Waals surface area contributed by atoms with Crippen molar-refractivity contribution in [2.24, 2.45) is 5.92 Å². The zero-order chi connectivity index (χ0) is 20.6. The van der Waals surface area contributed by atoms with E-state index in [4.69, 9.17) is 16.3 Å². The molecule has 3 rings (SSSR count). The standard InChI is InChI=1S/C16H15ClF5N3O3/c17-11-8(18)2-1-7(12(11)19)13(6-3-10(28-5-6)16(20,21)22)25-14(26)9-4-23-15(27)24-9/h1-2,6,9-10,13H,3-5H2,(H,25,26)(H2,23,24,27)/t6?,9-,10?,13?/m0/s1. The first-order chi connectivity index (χ1) is 13.1. The highest BCUT2D eigenvalue weighted by molar-refractivity contribution is 6.31. The van der Waals surface area contributed by atoms with Gasteiger partial charge in [0.1, 0.15) is 22.7 Å². The summed E-state index contributed by atoms with van der Waals surface area (Å²) in [4.78, 5) is 23.6. The van der Waals surface area contributed by atoms with E-state index in [0.29, 0.717) is 0 Å². The highest BCUT2D eigenvalue weighted by Crippen LogP contribution is 2.40. The number of rotatable bonds is 4. The number of nitrogens with one attached hydrogen (secondary N) is 3. The molecule has 12 heteroatoms. The zero-order valence-corrected chi connectivity index (χ0v) is 14.8. The fourth-order valence-electron chi connectivity index (χ4n) is 3.21. The van der Waals surface area contributed by atoms with E-state index >= 15 is 0 Å². The van der Waals surface area contributed by atoms with Gasteiger partial charge in [-0.25, -0.2) is 13.6 Å². The molecule has 1 aromatic rings. The molecular weight excluding hydrogens is 413 g/mol. The third-order valence-corrected chi connectivity index (χ3v) is 5.00. The predicted molar refractivity (Wildman–Crippen MR) is 86.5 cm³/mol. The molecule has 2 saturated heterocycles. The summed E-state index contributed by atoms with van der Waals surface area (Å²) in [6.07, 6.45) is -7.21. The second-order valence-electron chi connectivity index (χ2n) is 6.52. The van der Waals surface area contributed by atoms with Gasteiger partial charge >= 0.3 is 12.2 Å². The van der Waals surface area contributed by atoms with Crippen LogP contribution in [0.25, 0.3) is 0 Å². The van der Waals surface area contributed by atoms with Gasteiger partial charge in [0, 0.05) is 18.0 Å². The number of halogens is 6. The van der Waals surface area contributed by atoms with Crippen molar-refractivity contribution in [3.05, 3.63) is 34.4 Å². The molecule has 0 aromatic heterocycles. The Morgan fingerprint density at radius 2 is 2.04 bits per heavy atom. The summed E-state index contributed by atoms with van der Waals surface area (Å²) in [7, 11) is 0. The van der Waals surface area contributed by atoms with Crippen molar-refractivity contribution in [3.63, 3.8) is 0 Å². The molecular formula is C16H15ClF5N3O3. The molecule has 28 heavy (non-hydrogen) atoms. The maximum atomic E-state index is 14.5. The van der Waals surface area contributed by atoms with Crippen molar-refractivity contribution in [3.8, 4) is 0 Å². The Morgan fingerprint density at radius 1 is 1.32 bits per heavy atom. The molecule has 2 aliphatic heterocycles.